The number of benzene rings is 2. The van der Waals surface area contributed by atoms with Crippen LogP contribution in [-0.2, 0) is 9.59 Å². The Labute approximate surface area is 163 Å². The summed E-state index contributed by atoms with van der Waals surface area (Å²) in [5.74, 6) is 0.363. The maximum atomic E-state index is 12.5. The van der Waals surface area contributed by atoms with Gasteiger partial charge in [-0.15, -0.1) is 0 Å². The number of carbonyl (C=O) groups is 2. The molecule has 0 aliphatic carbocycles. The van der Waals surface area contributed by atoms with Gasteiger partial charge in [-0.1, -0.05) is 42.5 Å². The molecule has 1 aliphatic heterocycles. The van der Waals surface area contributed by atoms with Crippen LogP contribution in [0, 0.1) is 0 Å². The number of piperazine rings is 1. The summed E-state index contributed by atoms with van der Waals surface area (Å²) in [6.45, 7) is 1.06. The molecule has 4 rings (SSSR count). The molecule has 2 amide bonds. The lowest BCUT2D eigenvalue weighted by Crippen LogP contribution is -2.51. The minimum Gasteiger partial charge on any atom is -0.483 e. The van der Waals surface area contributed by atoms with E-state index in [1.54, 1.807) is 16.8 Å². The Kier molecular flexibility index (Phi) is 4.93. The fourth-order valence-corrected chi connectivity index (χ4v) is 3.22. The number of rotatable bonds is 4. The number of nitrogens with zero attached hydrogens (tertiary/aromatic N) is 3. The molecule has 2 heterocycles. The first-order valence-electron chi connectivity index (χ1n) is 9.21. The van der Waals surface area contributed by atoms with Gasteiger partial charge in [-0.05, 0) is 12.1 Å². The predicted molar refractivity (Wildman–Crippen MR) is 107 cm³/mol. The molecule has 6 nitrogen and oxygen atoms in total. The number of hydrogen-bond acceptors (Lipinski definition) is 4. The highest BCUT2D eigenvalue weighted by atomic mass is 16.5. The summed E-state index contributed by atoms with van der Waals surface area (Å²) in [7, 11) is 1.74. The van der Waals surface area contributed by atoms with Gasteiger partial charge < -0.3 is 14.5 Å². The number of aromatic nitrogens is 1. The van der Waals surface area contributed by atoms with E-state index in [1.807, 2.05) is 60.7 Å². The molecule has 0 radical (unpaired) electrons. The van der Waals surface area contributed by atoms with Crippen LogP contribution in [0.4, 0.5) is 0 Å². The third-order valence-electron chi connectivity index (χ3n) is 4.91. The lowest BCUT2D eigenvalue weighted by molar-refractivity contribution is -0.145. The van der Waals surface area contributed by atoms with E-state index < -0.39 is 0 Å². The van der Waals surface area contributed by atoms with Crippen molar-refractivity contribution in [2.45, 2.75) is 0 Å². The van der Waals surface area contributed by atoms with Crippen molar-refractivity contribution in [2.24, 2.45) is 0 Å². The normalized spacial score (nSPS) is 14.4. The van der Waals surface area contributed by atoms with Gasteiger partial charge in [0.1, 0.15) is 5.75 Å². The van der Waals surface area contributed by atoms with E-state index >= 15 is 0 Å². The number of pyridine rings is 1. The van der Waals surface area contributed by atoms with Gasteiger partial charge in [0, 0.05) is 37.2 Å². The molecular weight excluding hydrogens is 354 g/mol. The summed E-state index contributed by atoms with van der Waals surface area (Å²) < 4.78 is 5.90. The Balaban J connectivity index is 1.58. The molecule has 1 aromatic heterocycles. The average Bonchev–Trinajstić information content (AvgIpc) is 2.74. The van der Waals surface area contributed by atoms with Crippen LogP contribution in [0.25, 0.3) is 22.2 Å². The Bertz CT molecular complexity index is 1020. The first-order chi connectivity index (χ1) is 13.6. The zero-order valence-corrected chi connectivity index (χ0v) is 15.7. The van der Waals surface area contributed by atoms with E-state index in [4.69, 9.17) is 9.72 Å². The number of fused-ring (bicyclic) bond motifs is 1. The highest BCUT2D eigenvalue weighted by molar-refractivity contribution is 5.89. The highest BCUT2D eigenvalue weighted by Crippen LogP contribution is 2.30. The summed E-state index contributed by atoms with van der Waals surface area (Å²) in [5, 5.41) is 0.851. The Morgan fingerprint density at radius 2 is 1.82 bits per heavy atom. The van der Waals surface area contributed by atoms with Crippen LogP contribution in [0.15, 0.2) is 60.7 Å². The number of likely N-dealkylation sites (N-methyl/N-ethyl adjacent to an activating group) is 1. The predicted octanol–water partition coefficient (Wildman–Crippen LogP) is 2.58. The largest absolute Gasteiger partial charge is 0.483 e. The molecule has 28 heavy (non-hydrogen) atoms. The lowest BCUT2D eigenvalue weighted by Gasteiger charge is -2.31. The second-order valence-electron chi connectivity index (χ2n) is 6.81. The molecule has 1 aliphatic rings. The number of para-hydroxylation sites is 1. The van der Waals surface area contributed by atoms with Gasteiger partial charge in [0.05, 0.1) is 17.8 Å². The van der Waals surface area contributed by atoms with Crippen LogP contribution in [0.3, 0.4) is 0 Å². The zero-order valence-electron chi connectivity index (χ0n) is 15.7. The SMILES string of the molecule is CN1CCN(C(=O)COc2cc(-c3ccccc3)nc3ccccc23)CC1=O. The third-order valence-corrected chi connectivity index (χ3v) is 4.91. The van der Waals surface area contributed by atoms with Gasteiger partial charge in [0.25, 0.3) is 5.91 Å². The van der Waals surface area contributed by atoms with Crippen LogP contribution in [0.2, 0.25) is 0 Å². The van der Waals surface area contributed by atoms with Gasteiger partial charge in [-0.25, -0.2) is 4.98 Å². The number of ether oxygens (including phenoxy) is 1. The molecule has 0 saturated carbocycles. The molecule has 2 aromatic carbocycles. The fraction of sp³-hybridized carbons (Fsp3) is 0.227. The molecule has 3 aromatic rings. The Morgan fingerprint density at radius 3 is 2.61 bits per heavy atom. The molecule has 1 saturated heterocycles. The van der Waals surface area contributed by atoms with Crippen molar-refractivity contribution in [3.8, 4) is 17.0 Å². The summed E-state index contributed by atoms with van der Waals surface area (Å²) in [5.41, 5.74) is 2.58. The number of hydrogen-bond donors (Lipinski definition) is 0. The minimum absolute atomic E-state index is 0.0553. The van der Waals surface area contributed by atoms with Crippen molar-refractivity contribution in [1.29, 1.82) is 0 Å². The van der Waals surface area contributed by atoms with Crippen molar-refractivity contribution in [2.75, 3.05) is 33.3 Å². The van der Waals surface area contributed by atoms with Crippen LogP contribution in [0.1, 0.15) is 0 Å². The second-order valence-corrected chi connectivity index (χ2v) is 6.81. The molecule has 1 fully saturated rings. The lowest BCUT2D eigenvalue weighted by atomic mass is 10.1. The van der Waals surface area contributed by atoms with Crippen molar-refractivity contribution in [3.63, 3.8) is 0 Å². The van der Waals surface area contributed by atoms with Crippen molar-refractivity contribution >= 4 is 22.7 Å². The monoisotopic (exact) mass is 375 g/mol. The van der Waals surface area contributed by atoms with Gasteiger partial charge in [0.15, 0.2) is 6.61 Å². The topological polar surface area (TPSA) is 62.7 Å². The molecule has 0 unspecified atom stereocenters. The molecule has 0 bridgehead atoms. The maximum absolute atomic E-state index is 12.5. The molecule has 0 spiro atoms. The first-order valence-corrected chi connectivity index (χ1v) is 9.21. The summed E-state index contributed by atoms with van der Waals surface area (Å²) in [6.07, 6.45) is 0. The standard InChI is InChI=1S/C22H21N3O3/c1-24-11-12-25(14-21(24)26)22(27)15-28-20-13-19(16-7-3-2-4-8-16)23-18-10-6-5-9-17(18)20/h2-10,13H,11-12,14-15H2,1H3. The Morgan fingerprint density at radius 1 is 1.07 bits per heavy atom. The van der Waals surface area contributed by atoms with E-state index in [2.05, 4.69) is 0 Å². The highest BCUT2D eigenvalue weighted by Gasteiger charge is 2.25. The van der Waals surface area contributed by atoms with Crippen LogP contribution in [-0.4, -0.2) is 59.9 Å². The summed E-state index contributed by atoms with van der Waals surface area (Å²) in [4.78, 5) is 32.3. The molecule has 142 valence electrons. The van der Waals surface area contributed by atoms with E-state index in [0.717, 1.165) is 22.2 Å². The molecule has 6 heteroatoms. The second kappa shape index (κ2) is 7.68. The number of amides is 2. The van der Waals surface area contributed by atoms with Crippen molar-refractivity contribution in [3.05, 3.63) is 60.7 Å². The average molecular weight is 375 g/mol. The minimum atomic E-state index is -0.191. The molecular formula is C22H21N3O3. The summed E-state index contributed by atoms with van der Waals surface area (Å²) >= 11 is 0. The van der Waals surface area contributed by atoms with Gasteiger partial charge in [-0.3, -0.25) is 9.59 Å². The third kappa shape index (κ3) is 3.67. The smallest absolute Gasteiger partial charge is 0.261 e. The van der Waals surface area contributed by atoms with Gasteiger partial charge in [-0.2, -0.15) is 0 Å². The zero-order chi connectivity index (χ0) is 19.5. The quantitative estimate of drug-likeness (QED) is 0.703. The molecule has 0 N–H and O–H groups in total. The molecule has 0 atom stereocenters. The maximum Gasteiger partial charge on any atom is 0.261 e. The summed E-state index contributed by atoms with van der Waals surface area (Å²) in [6, 6.07) is 19.4. The van der Waals surface area contributed by atoms with Crippen molar-refractivity contribution in [1.82, 2.24) is 14.8 Å². The fourth-order valence-electron chi connectivity index (χ4n) is 3.22. The van der Waals surface area contributed by atoms with E-state index in [1.165, 1.54) is 0 Å². The Hall–Kier alpha value is -3.41. The van der Waals surface area contributed by atoms with E-state index in [0.29, 0.717) is 18.8 Å². The van der Waals surface area contributed by atoms with Gasteiger partial charge >= 0.3 is 0 Å². The van der Waals surface area contributed by atoms with E-state index in [-0.39, 0.29) is 25.0 Å². The van der Waals surface area contributed by atoms with Crippen LogP contribution < -0.4 is 4.74 Å². The van der Waals surface area contributed by atoms with Crippen molar-refractivity contribution < 1.29 is 14.3 Å². The van der Waals surface area contributed by atoms with Crippen LogP contribution in [0.5, 0.6) is 5.75 Å². The van der Waals surface area contributed by atoms with E-state index in [9.17, 15) is 9.59 Å². The van der Waals surface area contributed by atoms with Crippen LogP contribution >= 0.6 is 0 Å². The number of carbonyl (C=O) groups excluding carboxylic acids is 2. The van der Waals surface area contributed by atoms with Gasteiger partial charge in [0.2, 0.25) is 5.91 Å². The first kappa shape index (κ1) is 18.0.